The van der Waals surface area contributed by atoms with Gasteiger partial charge in [0.1, 0.15) is 11.4 Å². The quantitative estimate of drug-likeness (QED) is 0.515. The minimum Gasteiger partial charge on any atom is -0.444 e. The lowest BCUT2D eigenvalue weighted by Gasteiger charge is -2.20. The number of benzene rings is 3. The van der Waals surface area contributed by atoms with Gasteiger partial charge in [-0.2, -0.15) is 5.26 Å². The number of carbonyl (C=O) groups excluding carboxylic acids is 2. The first-order valence-corrected chi connectivity index (χ1v) is 9.91. The van der Waals surface area contributed by atoms with E-state index in [9.17, 15) is 14.9 Å². The number of para-hydroxylation sites is 1. The molecule has 0 fully saturated rings. The first kappa shape index (κ1) is 22.4. The van der Waals surface area contributed by atoms with Gasteiger partial charge in [-0.25, -0.2) is 9.59 Å². The van der Waals surface area contributed by atoms with Crippen molar-refractivity contribution in [2.24, 2.45) is 0 Å². The van der Waals surface area contributed by atoms with Gasteiger partial charge in [0.15, 0.2) is 0 Å². The summed E-state index contributed by atoms with van der Waals surface area (Å²) < 4.78 is 10.5. The van der Waals surface area contributed by atoms with Gasteiger partial charge in [0.25, 0.3) is 0 Å². The molecule has 3 aromatic carbocycles. The molecule has 0 aromatic heterocycles. The van der Waals surface area contributed by atoms with E-state index in [0.717, 1.165) is 11.1 Å². The summed E-state index contributed by atoms with van der Waals surface area (Å²) in [5.74, 6) is 0.444. The van der Waals surface area contributed by atoms with Crippen molar-refractivity contribution in [3.8, 4) is 22.9 Å². The van der Waals surface area contributed by atoms with Crippen molar-refractivity contribution in [2.45, 2.75) is 26.4 Å². The highest BCUT2D eigenvalue weighted by molar-refractivity contribution is 5.88. The van der Waals surface area contributed by atoms with Gasteiger partial charge in [0.2, 0.25) is 0 Å². The first-order valence-electron chi connectivity index (χ1n) is 9.91. The summed E-state index contributed by atoms with van der Waals surface area (Å²) in [4.78, 5) is 24.1. The Bertz CT molecular complexity index is 1140. The summed E-state index contributed by atoms with van der Waals surface area (Å²) in [6.45, 7) is 5.32. The number of hydrogen-bond acceptors (Lipinski definition) is 5. The second kappa shape index (κ2) is 9.67. The number of nitrogens with zero attached hydrogens (tertiary/aromatic N) is 1. The number of ether oxygens (including phenoxy) is 2. The van der Waals surface area contributed by atoms with Crippen LogP contribution in [0, 0.1) is 11.3 Å². The van der Waals surface area contributed by atoms with Gasteiger partial charge in [0, 0.05) is 11.4 Å². The van der Waals surface area contributed by atoms with E-state index in [1.165, 1.54) is 0 Å². The normalized spacial score (nSPS) is 10.6. The topological polar surface area (TPSA) is 100 Å². The Labute approximate surface area is 186 Å². The fourth-order valence-corrected chi connectivity index (χ4v) is 2.84. The van der Waals surface area contributed by atoms with Gasteiger partial charge >= 0.3 is 12.2 Å². The Balaban J connectivity index is 1.72. The molecule has 2 amide bonds. The minimum absolute atomic E-state index is 0.391. The highest BCUT2D eigenvalue weighted by Gasteiger charge is 2.17. The number of nitrogens with one attached hydrogen (secondary N) is 2. The van der Waals surface area contributed by atoms with E-state index in [1.807, 2.05) is 6.07 Å². The molecule has 162 valence electrons. The monoisotopic (exact) mass is 429 g/mol. The molecule has 2 N–H and O–H groups in total. The molecule has 0 aliphatic carbocycles. The Morgan fingerprint density at radius 3 is 2.09 bits per heavy atom. The van der Waals surface area contributed by atoms with E-state index in [2.05, 4.69) is 16.7 Å². The van der Waals surface area contributed by atoms with E-state index in [0.29, 0.717) is 22.7 Å². The zero-order chi connectivity index (χ0) is 23.1. The second-order valence-electron chi connectivity index (χ2n) is 7.94. The van der Waals surface area contributed by atoms with Crippen LogP contribution in [0.15, 0.2) is 72.8 Å². The van der Waals surface area contributed by atoms with Crippen LogP contribution in [-0.2, 0) is 4.74 Å². The lowest BCUT2D eigenvalue weighted by Crippen LogP contribution is -2.27. The molecule has 0 bridgehead atoms. The van der Waals surface area contributed by atoms with E-state index in [1.54, 1.807) is 87.5 Å². The molecular weight excluding hydrogens is 406 g/mol. The first-order chi connectivity index (χ1) is 15.2. The van der Waals surface area contributed by atoms with Crippen molar-refractivity contribution in [2.75, 3.05) is 10.6 Å². The number of carbonyl (C=O) groups is 2. The van der Waals surface area contributed by atoms with Gasteiger partial charge in [-0.05, 0) is 74.4 Å². The van der Waals surface area contributed by atoms with E-state index in [-0.39, 0.29) is 0 Å². The summed E-state index contributed by atoms with van der Waals surface area (Å²) in [5, 5.41) is 14.7. The van der Waals surface area contributed by atoms with Crippen LogP contribution < -0.4 is 15.4 Å². The average molecular weight is 429 g/mol. The third kappa shape index (κ3) is 6.61. The maximum absolute atomic E-state index is 12.1. The SMILES string of the molecule is CC(C)(C)OC(=O)Nc1cc(C#N)cc(-c2ccc(NC(=O)Oc3ccccc3)cc2)c1. The lowest BCUT2D eigenvalue weighted by molar-refractivity contribution is 0.0636. The Kier molecular flexibility index (Phi) is 6.76. The van der Waals surface area contributed by atoms with Crippen LogP contribution in [0.2, 0.25) is 0 Å². The van der Waals surface area contributed by atoms with E-state index in [4.69, 9.17) is 9.47 Å². The maximum Gasteiger partial charge on any atom is 0.417 e. The standard InChI is InChI=1S/C25H23N3O4/c1-25(2,3)32-24(30)28-21-14-17(16-26)13-19(15-21)18-9-11-20(12-10-18)27-23(29)31-22-7-5-4-6-8-22/h4-15H,1-3H3,(H,27,29)(H,28,30). The van der Waals surface area contributed by atoms with Crippen LogP contribution in [0.3, 0.4) is 0 Å². The summed E-state index contributed by atoms with van der Waals surface area (Å²) in [6, 6.07) is 22.9. The second-order valence-corrected chi connectivity index (χ2v) is 7.94. The van der Waals surface area contributed by atoms with Gasteiger partial charge in [-0.3, -0.25) is 10.6 Å². The summed E-state index contributed by atoms with van der Waals surface area (Å²) >= 11 is 0. The number of anilines is 2. The molecule has 0 saturated heterocycles. The third-order valence-corrected chi connectivity index (χ3v) is 4.13. The van der Waals surface area contributed by atoms with Crippen LogP contribution in [0.4, 0.5) is 21.0 Å². The third-order valence-electron chi connectivity index (χ3n) is 4.13. The molecule has 3 aromatic rings. The predicted molar refractivity (Wildman–Crippen MR) is 123 cm³/mol. The molecule has 7 nitrogen and oxygen atoms in total. The van der Waals surface area contributed by atoms with Gasteiger partial charge < -0.3 is 9.47 Å². The lowest BCUT2D eigenvalue weighted by atomic mass is 10.0. The van der Waals surface area contributed by atoms with Crippen molar-refractivity contribution in [3.63, 3.8) is 0 Å². The van der Waals surface area contributed by atoms with Gasteiger partial charge in [-0.1, -0.05) is 30.3 Å². The molecule has 0 saturated carbocycles. The molecule has 0 heterocycles. The number of rotatable bonds is 4. The molecule has 0 atom stereocenters. The van der Waals surface area contributed by atoms with Gasteiger partial charge in [0.05, 0.1) is 11.6 Å². The molecule has 7 heteroatoms. The van der Waals surface area contributed by atoms with E-state index >= 15 is 0 Å². The molecular formula is C25H23N3O4. The Morgan fingerprint density at radius 2 is 1.47 bits per heavy atom. The highest BCUT2D eigenvalue weighted by Crippen LogP contribution is 2.26. The molecule has 0 unspecified atom stereocenters. The number of nitriles is 1. The number of hydrogen-bond donors (Lipinski definition) is 2. The highest BCUT2D eigenvalue weighted by atomic mass is 16.6. The van der Waals surface area contributed by atoms with Crippen LogP contribution in [0.5, 0.6) is 5.75 Å². The van der Waals surface area contributed by atoms with Crippen molar-refractivity contribution < 1.29 is 19.1 Å². The summed E-state index contributed by atoms with van der Waals surface area (Å²) in [7, 11) is 0. The van der Waals surface area contributed by atoms with Crippen molar-refractivity contribution in [3.05, 3.63) is 78.4 Å². The molecule has 32 heavy (non-hydrogen) atoms. The Hall–Kier alpha value is -4.31. The smallest absolute Gasteiger partial charge is 0.417 e. The number of amides is 2. The van der Waals surface area contributed by atoms with Crippen molar-refractivity contribution >= 4 is 23.6 Å². The van der Waals surface area contributed by atoms with Crippen LogP contribution >= 0.6 is 0 Å². The predicted octanol–water partition coefficient (Wildman–Crippen LogP) is 6.18. The zero-order valence-corrected chi connectivity index (χ0v) is 18.0. The summed E-state index contributed by atoms with van der Waals surface area (Å²) in [6.07, 6.45) is -1.20. The van der Waals surface area contributed by atoms with Crippen LogP contribution in [0.1, 0.15) is 26.3 Å². The Morgan fingerprint density at radius 1 is 0.812 bits per heavy atom. The largest absolute Gasteiger partial charge is 0.444 e. The molecule has 3 rings (SSSR count). The fourth-order valence-electron chi connectivity index (χ4n) is 2.84. The molecule has 0 aliphatic rings. The van der Waals surface area contributed by atoms with Gasteiger partial charge in [-0.15, -0.1) is 0 Å². The summed E-state index contributed by atoms with van der Waals surface area (Å²) in [5.41, 5.74) is 2.29. The molecule has 0 spiro atoms. The minimum atomic E-state index is -0.635. The molecule has 0 radical (unpaired) electrons. The zero-order valence-electron chi connectivity index (χ0n) is 18.0. The van der Waals surface area contributed by atoms with Crippen molar-refractivity contribution in [1.82, 2.24) is 0 Å². The maximum atomic E-state index is 12.1. The average Bonchev–Trinajstić information content (AvgIpc) is 2.73. The van der Waals surface area contributed by atoms with Crippen LogP contribution in [0.25, 0.3) is 11.1 Å². The fraction of sp³-hybridized carbons (Fsp3) is 0.160. The van der Waals surface area contributed by atoms with E-state index < -0.39 is 17.8 Å². The van der Waals surface area contributed by atoms with Crippen LogP contribution in [-0.4, -0.2) is 17.8 Å². The molecule has 0 aliphatic heterocycles. The van der Waals surface area contributed by atoms with Crippen molar-refractivity contribution in [1.29, 1.82) is 5.26 Å².